The molecule has 6 rings (SSSR count). The van der Waals surface area contributed by atoms with Crippen molar-refractivity contribution in [2.75, 3.05) is 24.5 Å². The number of amides is 1. The van der Waals surface area contributed by atoms with E-state index in [1.807, 2.05) is 53.1 Å². The summed E-state index contributed by atoms with van der Waals surface area (Å²) in [4.78, 5) is 22.7. The molecule has 0 unspecified atom stereocenters. The molecule has 0 bridgehead atoms. The molecule has 1 aliphatic rings. The van der Waals surface area contributed by atoms with Crippen LogP contribution < -0.4 is 4.90 Å². The third-order valence-electron chi connectivity index (χ3n) is 6.30. The van der Waals surface area contributed by atoms with Gasteiger partial charge in [-0.2, -0.15) is 0 Å². The number of hydrogen-bond acceptors (Lipinski definition) is 6. The topological polar surface area (TPSA) is 66.6 Å². The number of carbonyl (C=O) groups is 1. The fourth-order valence-electron chi connectivity index (χ4n) is 4.60. The molecule has 1 saturated heterocycles. The molecule has 0 N–H and O–H groups in total. The lowest BCUT2D eigenvalue weighted by Gasteiger charge is -2.40. The largest absolute Gasteiger partial charge is 0.338 e. The molecule has 7 nitrogen and oxygen atoms in total. The van der Waals surface area contributed by atoms with Crippen LogP contribution in [0.4, 0.5) is 14.7 Å². The maximum atomic E-state index is 14.3. The summed E-state index contributed by atoms with van der Waals surface area (Å²) in [6, 6.07) is 14.6. The summed E-state index contributed by atoms with van der Waals surface area (Å²) in [6.45, 7) is 3.25. The van der Waals surface area contributed by atoms with E-state index in [0.717, 1.165) is 27.9 Å². The number of hydrogen-bond donors (Lipinski definition) is 0. The van der Waals surface area contributed by atoms with Crippen molar-refractivity contribution in [3.05, 3.63) is 77.2 Å². The van der Waals surface area contributed by atoms with Gasteiger partial charge in [0.15, 0.2) is 11.5 Å². The monoisotopic (exact) mass is 490 g/mol. The quantitative estimate of drug-likeness (QED) is 0.369. The van der Waals surface area contributed by atoms with E-state index in [1.54, 1.807) is 16.2 Å². The van der Waals surface area contributed by atoms with Gasteiger partial charge in [0.05, 0.1) is 16.0 Å². The SMILES string of the molecule is C[C@H]1CN(c2nc3ccccc3c3nnc(-c4cccs4)n23)CCN1C(=O)c1ccc(F)cc1F. The standard InChI is InChI=1S/C25H20F2N6OS/c1-15-14-31(10-11-32(15)24(34)17-9-8-16(26)13-19(17)27)25-28-20-6-3-2-5-18(20)22-29-30-23(33(22)25)21-7-4-12-35-21/h2-9,12-13,15H,10-11,14H2,1H3/t15-/m0/s1. The van der Waals surface area contributed by atoms with Gasteiger partial charge in [-0.15, -0.1) is 21.5 Å². The zero-order valence-electron chi connectivity index (χ0n) is 18.7. The summed E-state index contributed by atoms with van der Waals surface area (Å²) in [5, 5.41) is 11.9. The molecule has 5 aromatic rings. The Hall–Kier alpha value is -3.92. The summed E-state index contributed by atoms with van der Waals surface area (Å²) < 4.78 is 29.6. The van der Waals surface area contributed by atoms with Gasteiger partial charge in [-0.3, -0.25) is 4.79 Å². The smallest absolute Gasteiger partial charge is 0.257 e. The van der Waals surface area contributed by atoms with Gasteiger partial charge in [0.1, 0.15) is 11.6 Å². The highest BCUT2D eigenvalue weighted by Crippen LogP contribution is 2.31. The average Bonchev–Trinajstić information content (AvgIpc) is 3.53. The van der Waals surface area contributed by atoms with E-state index < -0.39 is 17.5 Å². The van der Waals surface area contributed by atoms with Crippen LogP contribution in [-0.2, 0) is 0 Å². The number of halogens is 2. The van der Waals surface area contributed by atoms with Crippen LogP contribution in [0.1, 0.15) is 17.3 Å². The lowest BCUT2D eigenvalue weighted by molar-refractivity contribution is 0.0668. The second-order valence-electron chi connectivity index (χ2n) is 8.51. The average molecular weight is 491 g/mol. The molecule has 1 amide bonds. The Labute approximate surface area is 203 Å². The molecule has 10 heteroatoms. The number of aromatic nitrogens is 4. The van der Waals surface area contributed by atoms with Crippen molar-refractivity contribution in [1.82, 2.24) is 24.5 Å². The van der Waals surface area contributed by atoms with E-state index in [-0.39, 0.29) is 11.6 Å². The number of thiophene rings is 1. The van der Waals surface area contributed by atoms with Crippen LogP contribution >= 0.6 is 11.3 Å². The Bertz CT molecular complexity index is 1570. The highest BCUT2D eigenvalue weighted by atomic mass is 32.1. The third kappa shape index (κ3) is 3.61. The Morgan fingerprint density at radius 1 is 1.06 bits per heavy atom. The number of benzene rings is 2. The summed E-state index contributed by atoms with van der Waals surface area (Å²) in [6.07, 6.45) is 0. The summed E-state index contributed by atoms with van der Waals surface area (Å²) in [7, 11) is 0. The van der Waals surface area contributed by atoms with E-state index in [1.165, 1.54) is 6.07 Å². The first-order valence-electron chi connectivity index (χ1n) is 11.2. The highest BCUT2D eigenvalue weighted by Gasteiger charge is 2.32. The molecule has 0 saturated carbocycles. The predicted molar refractivity (Wildman–Crippen MR) is 131 cm³/mol. The molecule has 1 atom stereocenters. The van der Waals surface area contributed by atoms with Crippen LogP contribution in [0.5, 0.6) is 0 Å². The zero-order chi connectivity index (χ0) is 24.1. The molecule has 35 heavy (non-hydrogen) atoms. The summed E-state index contributed by atoms with van der Waals surface area (Å²) in [5.41, 5.74) is 1.39. The van der Waals surface area contributed by atoms with E-state index >= 15 is 0 Å². The minimum Gasteiger partial charge on any atom is -0.338 e. The molecule has 4 heterocycles. The van der Waals surface area contributed by atoms with Crippen molar-refractivity contribution in [3.8, 4) is 10.7 Å². The Morgan fingerprint density at radius 2 is 1.91 bits per heavy atom. The van der Waals surface area contributed by atoms with Gasteiger partial charge in [0.25, 0.3) is 5.91 Å². The van der Waals surface area contributed by atoms with Gasteiger partial charge >= 0.3 is 0 Å². The van der Waals surface area contributed by atoms with Gasteiger partial charge in [0.2, 0.25) is 5.95 Å². The lowest BCUT2D eigenvalue weighted by atomic mass is 10.1. The number of anilines is 1. The molecule has 0 aliphatic carbocycles. The van der Waals surface area contributed by atoms with Gasteiger partial charge in [-0.25, -0.2) is 18.2 Å². The third-order valence-corrected chi connectivity index (χ3v) is 7.17. The van der Waals surface area contributed by atoms with Gasteiger partial charge in [-0.1, -0.05) is 18.2 Å². The first-order chi connectivity index (χ1) is 17.0. The molecule has 1 aliphatic heterocycles. The van der Waals surface area contributed by atoms with Crippen molar-refractivity contribution in [2.24, 2.45) is 0 Å². The van der Waals surface area contributed by atoms with E-state index in [0.29, 0.717) is 37.1 Å². The normalized spacial score (nSPS) is 16.4. The van der Waals surface area contributed by atoms with Gasteiger partial charge in [0, 0.05) is 37.1 Å². The first-order valence-corrected chi connectivity index (χ1v) is 12.1. The molecule has 1 fully saturated rings. The van der Waals surface area contributed by atoms with Gasteiger partial charge < -0.3 is 9.80 Å². The van der Waals surface area contributed by atoms with E-state index in [4.69, 9.17) is 4.98 Å². The molecular formula is C25H20F2N6OS. The Kier molecular flexibility index (Phi) is 5.18. The molecule has 3 aromatic heterocycles. The zero-order valence-corrected chi connectivity index (χ0v) is 19.5. The Morgan fingerprint density at radius 3 is 2.69 bits per heavy atom. The maximum absolute atomic E-state index is 14.3. The fourth-order valence-corrected chi connectivity index (χ4v) is 5.30. The fraction of sp³-hybridized carbons (Fsp3) is 0.200. The van der Waals surface area contributed by atoms with Crippen molar-refractivity contribution < 1.29 is 13.6 Å². The van der Waals surface area contributed by atoms with E-state index in [9.17, 15) is 13.6 Å². The van der Waals surface area contributed by atoms with Crippen LogP contribution in [0.2, 0.25) is 0 Å². The number of para-hydroxylation sites is 1. The summed E-state index contributed by atoms with van der Waals surface area (Å²) in [5.74, 6) is -0.608. The van der Waals surface area contributed by atoms with Crippen LogP contribution in [0, 0.1) is 11.6 Å². The molecule has 0 spiro atoms. The van der Waals surface area contributed by atoms with E-state index in [2.05, 4.69) is 15.1 Å². The van der Waals surface area contributed by atoms with Crippen molar-refractivity contribution in [1.29, 1.82) is 0 Å². The van der Waals surface area contributed by atoms with Crippen molar-refractivity contribution in [2.45, 2.75) is 13.0 Å². The van der Waals surface area contributed by atoms with Crippen LogP contribution in [-0.4, -0.2) is 56.1 Å². The summed E-state index contributed by atoms with van der Waals surface area (Å²) >= 11 is 1.58. The van der Waals surface area contributed by atoms with Crippen molar-refractivity contribution >= 4 is 39.7 Å². The van der Waals surface area contributed by atoms with Crippen LogP contribution in [0.3, 0.4) is 0 Å². The molecule has 176 valence electrons. The lowest BCUT2D eigenvalue weighted by Crippen LogP contribution is -2.54. The molecular weight excluding hydrogens is 470 g/mol. The first kappa shape index (κ1) is 21.6. The predicted octanol–water partition coefficient (Wildman–Crippen LogP) is 4.64. The number of fused-ring (bicyclic) bond motifs is 3. The minimum absolute atomic E-state index is 0.128. The molecule has 0 radical (unpaired) electrons. The number of rotatable bonds is 3. The number of carbonyl (C=O) groups excluding carboxylic acids is 1. The van der Waals surface area contributed by atoms with Gasteiger partial charge in [-0.05, 0) is 42.6 Å². The molecule has 2 aromatic carbocycles. The second-order valence-corrected chi connectivity index (χ2v) is 9.45. The number of piperazine rings is 1. The Balaban J connectivity index is 1.39. The second kappa shape index (κ2) is 8.38. The van der Waals surface area contributed by atoms with Crippen LogP contribution in [0.15, 0.2) is 60.0 Å². The van der Waals surface area contributed by atoms with Crippen molar-refractivity contribution in [3.63, 3.8) is 0 Å². The minimum atomic E-state index is -0.854. The van der Waals surface area contributed by atoms with Crippen LogP contribution in [0.25, 0.3) is 27.3 Å². The highest BCUT2D eigenvalue weighted by molar-refractivity contribution is 7.13. The number of nitrogens with zero attached hydrogens (tertiary/aromatic N) is 6. The maximum Gasteiger partial charge on any atom is 0.257 e.